The van der Waals surface area contributed by atoms with Gasteiger partial charge >= 0.3 is 12.1 Å². The zero-order valence-corrected chi connectivity index (χ0v) is 13.6. The van der Waals surface area contributed by atoms with Crippen molar-refractivity contribution in [2.24, 2.45) is 5.92 Å². The number of hydrogen-bond acceptors (Lipinski definition) is 4. The molecule has 1 amide bonds. The quantitative estimate of drug-likeness (QED) is 0.803. The van der Waals surface area contributed by atoms with Crippen LogP contribution in [-0.2, 0) is 20.8 Å². The van der Waals surface area contributed by atoms with Gasteiger partial charge in [0.25, 0.3) is 0 Å². The van der Waals surface area contributed by atoms with Crippen molar-refractivity contribution in [1.82, 2.24) is 4.90 Å². The van der Waals surface area contributed by atoms with E-state index in [1.54, 1.807) is 4.90 Å². The molecular weight excluding hydrogens is 294 g/mol. The number of esters is 1. The third kappa shape index (κ3) is 2.96. The predicted octanol–water partition coefficient (Wildman–Crippen LogP) is 3.25. The normalized spacial score (nSPS) is 25.4. The fourth-order valence-electron chi connectivity index (χ4n) is 3.47. The lowest BCUT2D eigenvalue weighted by Crippen LogP contribution is -2.53. The van der Waals surface area contributed by atoms with E-state index in [-0.39, 0.29) is 24.1 Å². The molecule has 2 atom stereocenters. The maximum Gasteiger partial charge on any atom is 0.414 e. The zero-order valence-electron chi connectivity index (χ0n) is 13.6. The highest BCUT2D eigenvalue weighted by Gasteiger charge is 2.52. The van der Waals surface area contributed by atoms with Crippen molar-refractivity contribution in [2.75, 3.05) is 0 Å². The van der Waals surface area contributed by atoms with Crippen molar-refractivity contribution in [3.05, 3.63) is 47.7 Å². The Kier molecular flexibility index (Phi) is 3.88. The van der Waals surface area contributed by atoms with Crippen LogP contribution >= 0.6 is 0 Å². The van der Waals surface area contributed by atoms with Gasteiger partial charge in [-0.15, -0.1) is 0 Å². The average molecular weight is 315 g/mol. The molecule has 1 fully saturated rings. The van der Waals surface area contributed by atoms with Gasteiger partial charge in [0.1, 0.15) is 11.7 Å². The third-order valence-corrected chi connectivity index (χ3v) is 4.38. The van der Waals surface area contributed by atoms with Crippen LogP contribution in [0.3, 0.4) is 0 Å². The van der Waals surface area contributed by atoms with E-state index in [0.29, 0.717) is 13.0 Å². The van der Waals surface area contributed by atoms with Gasteiger partial charge in [0.2, 0.25) is 0 Å². The van der Waals surface area contributed by atoms with Crippen LogP contribution in [0.5, 0.6) is 0 Å². The first-order chi connectivity index (χ1) is 10.9. The van der Waals surface area contributed by atoms with Crippen molar-refractivity contribution in [2.45, 2.75) is 45.4 Å². The maximum absolute atomic E-state index is 12.4. The lowest BCUT2D eigenvalue weighted by Gasteiger charge is -2.44. The molecule has 3 rings (SSSR count). The van der Waals surface area contributed by atoms with Crippen LogP contribution in [0.1, 0.15) is 32.8 Å². The van der Waals surface area contributed by atoms with E-state index < -0.39 is 5.60 Å². The molecule has 1 aliphatic carbocycles. The molecule has 0 saturated carbocycles. The lowest BCUT2D eigenvalue weighted by atomic mass is 9.84. The van der Waals surface area contributed by atoms with E-state index in [1.165, 1.54) is 6.92 Å². The molecule has 1 aliphatic heterocycles. The number of carbonyl (C=O) groups is 2. The highest BCUT2D eigenvalue weighted by molar-refractivity contribution is 5.73. The molecule has 0 unspecified atom stereocenters. The minimum absolute atomic E-state index is 0.146. The summed E-state index contributed by atoms with van der Waals surface area (Å²) in [7, 11) is 0. The highest BCUT2D eigenvalue weighted by atomic mass is 16.6. The summed E-state index contributed by atoms with van der Waals surface area (Å²) in [5.41, 5.74) is 1.22. The molecule has 5 heteroatoms. The van der Waals surface area contributed by atoms with E-state index >= 15 is 0 Å². The first kappa shape index (κ1) is 15.6. The van der Waals surface area contributed by atoms with Crippen molar-refractivity contribution in [1.29, 1.82) is 0 Å². The topological polar surface area (TPSA) is 55.8 Å². The molecular formula is C18H21NO4. The van der Waals surface area contributed by atoms with Gasteiger partial charge in [0, 0.05) is 19.0 Å². The van der Waals surface area contributed by atoms with Crippen molar-refractivity contribution >= 4 is 12.1 Å². The van der Waals surface area contributed by atoms with E-state index in [4.69, 9.17) is 9.47 Å². The third-order valence-electron chi connectivity index (χ3n) is 4.38. The minimum Gasteiger partial charge on any atom is -0.461 e. The Hall–Kier alpha value is -2.30. The van der Waals surface area contributed by atoms with Crippen LogP contribution in [0.2, 0.25) is 0 Å². The summed E-state index contributed by atoms with van der Waals surface area (Å²) in [6.07, 6.45) is 1.95. The van der Waals surface area contributed by atoms with E-state index in [2.05, 4.69) is 0 Å². The molecule has 1 aromatic carbocycles. The Labute approximate surface area is 135 Å². The molecule has 23 heavy (non-hydrogen) atoms. The molecule has 122 valence electrons. The summed E-state index contributed by atoms with van der Waals surface area (Å²) in [5.74, 6) is -0.459. The minimum atomic E-state index is -0.702. The number of cyclic esters (lactones) is 1. The highest BCUT2D eigenvalue weighted by Crippen LogP contribution is 2.44. The van der Waals surface area contributed by atoms with Crippen molar-refractivity contribution in [3.8, 4) is 0 Å². The Balaban J connectivity index is 1.88. The Morgan fingerprint density at radius 1 is 1.35 bits per heavy atom. The zero-order chi connectivity index (χ0) is 16.6. The molecule has 0 aromatic heterocycles. The number of hydrogen-bond donors (Lipinski definition) is 0. The van der Waals surface area contributed by atoms with Crippen LogP contribution in [0.4, 0.5) is 4.79 Å². The summed E-state index contributed by atoms with van der Waals surface area (Å²) in [6, 6.07) is 9.77. The number of benzene rings is 1. The van der Waals surface area contributed by atoms with E-state index in [1.807, 2.05) is 50.3 Å². The van der Waals surface area contributed by atoms with Crippen molar-refractivity contribution in [3.63, 3.8) is 0 Å². The van der Waals surface area contributed by atoms with Crippen LogP contribution in [0, 0.1) is 5.92 Å². The number of ether oxygens (including phenoxy) is 2. The molecule has 0 spiro atoms. The van der Waals surface area contributed by atoms with E-state index in [0.717, 1.165) is 11.3 Å². The first-order valence-corrected chi connectivity index (χ1v) is 7.80. The molecule has 1 heterocycles. The van der Waals surface area contributed by atoms with Gasteiger partial charge in [-0.25, -0.2) is 4.79 Å². The van der Waals surface area contributed by atoms with Gasteiger partial charge in [-0.05, 0) is 19.4 Å². The Morgan fingerprint density at radius 3 is 2.70 bits per heavy atom. The summed E-state index contributed by atoms with van der Waals surface area (Å²) < 4.78 is 11.1. The van der Waals surface area contributed by atoms with Gasteiger partial charge < -0.3 is 9.47 Å². The molecule has 1 aromatic rings. The molecule has 0 N–H and O–H groups in total. The summed E-state index contributed by atoms with van der Waals surface area (Å²) in [4.78, 5) is 25.4. The molecule has 2 aliphatic rings. The number of amides is 1. The molecule has 0 radical (unpaired) electrons. The fourth-order valence-corrected chi connectivity index (χ4v) is 3.47. The predicted molar refractivity (Wildman–Crippen MR) is 84.3 cm³/mol. The van der Waals surface area contributed by atoms with Crippen LogP contribution < -0.4 is 0 Å². The number of fused-ring (bicyclic) bond motifs is 1. The van der Waals surface area contributed by atoms with Crippen LogP contribution in [0.15, 0.2) is 42.1 Å². The van der Waals surface area contributed by atoms with Crippen LogP contribution in [0.25, 0.3) is 0 Å². The average Bonchev–Trinajstić information content (AvgIpc) is 2.88. The number of rotatable bonds is 3. The number of carbonyl (C=O) groups excluding carboxylic acids is 2. The Bertz CT molecular complexity index is 650. The van der Waals surface area contributed by atoms with E-state index in [9.17, 15) is 9.59 Å². The summed E-state index contributed by atoms with van der Waals surface area (Å²) >= 11 is 0. The lowest BCUT2D eigenvalue weighted by molar-refractivity contribution is -0.154. The second-order valence-corrected chi connectivity index (χ2v) is 6.53. The molecule has 1 saturated heterocycles. The Morgan fingerprint density at radius 2 is 2.04 bits per heavy atom. The smallest absolute Gasteiger partial charge is 0.414 e. The largest absolute Gasteiger partial charge is 0.461 e. The van der Waals surface area contributed by atoms with Gasteiger partial charge in [0.05, 0.1) is 12.5 Å². The van der Waals surface area contributed by atoms with Gasteiger partial charge in [0.15, 0.2) is 0 Å². The van der Waals surface area contributed by atoms with Crippen LogP contribution in [-0.4, -0.2) is 28.7 Å². The summed E-state index contributed by atoms with van der Waals surface area (Å²) in [6.45, 7) is 5.59. The monoisotopic (exact) mass is 315 g/mol. The number of nitrogens with zero attached hydrogens (tertiary/aromatic N) is 1. The second kappa shape index (κ2) is 5.72. The molecule has 5 nitrogen and oxygen atoms in total. The fraction of sp³-hybridized carbons (Fsp3) is 0.444. The second-order valence-electron chi connectivity index (χ2n) is 6.53. The van der Waals surface area contributed by atoms with Crippen molar-refractivity contribution < 1.29 is 19.1 Å². The first-order valence-electron chi connectivity index (χ1n) is 7.80. The van der Waals surface area contributed by atoms with Gasteiger partial charge in [-0.1, -0.05) is 36.4 Å². The van der Waals surface area contributed by atoms with Gasteiger partial charge in [-0.3, -0.25) is 9.69 Å². The standard InChI is InChI=1S/C18H21NO4/c1-12(20)22-15-10-9-14-16(15)18(2,3)23-17(21)19(14)11-13-7-5-4-6-8-13/h4-9,15-16H,10-11H2,1-3H3/t15-,16-/m0/s1. The molecule has 0 bridgehead atoms. The maximum atomic E-state index is 12.4. The summed E-state index contributed by atoms with van der Waals surface area (Å²) in [5, 5.41) is 0. The van der Waals surface area contributed by atoms with Gasteiger partial charge in [-0.2, -0.15) is 0 Å². The SMILES string of the molecule is CC(=O)O[C@H]1CC=C2[C@@H]1C(C)(C)OC(=O)N2Cc1ccccc1.